The van der Waals surface area contributed by atoms with Crippen LogP contribution in [0.4, 0.5) is 10.2 Å². The van der Waals surface area contributed by atoms with Gasteiger partial charge in [0.25, 0.3) is 5.56 Å². The van der Waals surface area contributed by atoms with Crippen LogP contribution in [0.15, 0.2) is 35.3 Å². The van der Waals surface area contributed by atoms with Crippen molar-refractivity contribution < 1.29 is 4.39 Å². The highest BCUT2D eigenvalue weighted by atomic mass is 19.1. The van der Waals surface area contributed by atoms with Crippen molar-refractivity contribution in [2.24, 2.45) is 0 Å². The average molecular weight is 371 g/mol. The van der Waals surface area contributed by atoms with Crippen molar-refractivity contribution in [3.8, 4) is 0 Å². The third-order valence-corrected chi connectivity index (χ3v) is 5.34. The largest absolute Gasteiger partial charge is 0.349 e. The van der Waals surface area contributed by atoms with Crippen molar-refractivity contribution in [1.29, 1.82) is 0 Å². The predicted molar refractivity (Wildman–Crippen MR) is 104 cm³/mol. The molecule has 2 aliphatic rings. The first-order chi connectivity index (χ1) is 13.2. The Kier molecular flexibility index (Phi) is 5.50. The lowest BCUT2D eigenvalue weighted by atomic mass is 10.1. The van der Waals surface area contributed by atoms with Crippen LogP contribution in [-0.2, 0) is 6.42 Å². The number of anilines is 1. The quantitative estimate of drug-likeness (QED) is 0.642. The molecule has 0 amide bonds. The Morgan fingerprint density at radius 3 is 2.78 bits per heavy atom. The van der Waals surface area contributed by atoms with E-state index in [1.54, 1.807) is 6.20 Å². The smallest absolute Gasteiger partial charge is 0.290 e. The summed E-state index contributed by atoms with van der Waals surface area (Å²) in [5.74, 6) is 0.856. The van der Waals surface area contributed by atoms with Gasteiger partial charge in [-0.2, -0.15) is 0 Å². The van der Waals surface area contributed by atoms with E-state index in [0.717, 1.165) is 57.7 Å². The molecular formula is C20H26FN5O. The number of aromatic amines is 1. The second-order valence-electron chi connectivity index (χ2n) is 7.34. The van der Waals surface area contributed by atoms with E-state index in [9.17, 15) is 9.18 Å². The van der Waals surface area contributed by atoms with Crippen LogP contribution in [0.1, 0.15) is 30.0 Å². The van der Waals surface area contributed by atoms with E-state index in [0.29, 0.717) is 17.8 Å². The molecule has 1 aliphatic heterocycles. The molecule has 1 saturated heterocycles. The molecule has 7 heteroatoms. The van der Waals surface area contributed by atoms with Gasteiger partial charge in [0.2, 0.25) is 0 Å². The Bertz CT molecular complexity index is 816. The molecule has 2 aromatic rings. The van der Waals surface area contributed by atoms with E-state index < -0.39 is 0 Å². The third-order valence-electron chi connectivity index (χ3n) is 5.34. The fourth-order valence-electron chi connectivity index (χ4n) is 3.71. The number of nitrogens with one attached hydrogen (secondary N) is 3. The molecule has 1 aliphatic carbocycles. The fraction of sp³-hybridized carbons (Fsp3) is 0.500. The second kappa shape index (κ2) is 8.19. The van der Waals surface area contributed by atoms with Crippen LogP contribution < -0.4 is 21.1 Å². The molecule has 0 spiro atoms. The van der Waals surface area contributed by atoms with Crippen molar-refractivity contribution in [3.63, 3.8) is 0 Å². The number of benzene rings is 1. The highest BCUT2D eigenvalue weighted by molar-refractivity contribution is 5.37. The molecule has 4 rings (SSSR count). The van der Waals surface area contributed by atoms with E-state index in [4.69, 9.17) is 0 Å². The molecule has 2 fully saturated rings. The molecule has 2 atom stereocenters. The summed E-state index contributed by atoms with van der Waals surface area (Å²) in [6.45, 7) is 4.30. The van der Waals surface area contributed by atoms with Gasteiger partial charge in [-0.05, 0) is 43.5 Å². The van der Waals surface area contributed by atoms with E-state index in [-0.39, 0.29) is 11.4 Å². The Morgan fingerprint density at radius 2 is 2.00 bits per heavy atom. The van der Waals surface area contributed by atoms with Gasteiger partial charge in [-0.15, -0.1) is 0 Å². The number of rotatable bonds is 7. The van der Waals surface area contributed by atoms with Crippen molar-refractivity contribution >= 4 is 5.82 Å². The number of nitrogens with zero attached hydrogens (tertiary/aromatic N) is 2. The molecule has 1 aromatic heterocycles. The molecule has 27 heavy (non-hydrogen) atoms. The number of halogens is 1. The number of aromatic nitrogens is 2. The lowest BCUT2D eigenvalue weighted by Crippen LogP contribution is -2.46. The lowest BCUT2D eigenvalue weighted by molar-refractivity contribution is 0.580. The first kappa shape index (κ1) is 18.1. The van der Waals surface area contributed by atoms with Gasteiger partial charge in [0.15, 0.2) is 5.82 Å². The van der Waals surface area contributed by atoms with Crippen LogP contribution >= 0.6 is 0 Å². The van der Waals surface area contributed by atoms with Crippen LogP contribution in [0.3, 0.4) is 0 Å². The Morgan fingerprint density at radius 1 is 1.22 bits per heavy atom. The second-order valence-corrected chi connectivity index (χ2v) is 7.34. The molecule has 6 nitrogen and oxygen atoms in total. The minimum atomic E-state index is -0.183. The minimum Gasteiger partial charge on any atom is -0.349 e. The van der Waals surface area contributed by atoms with Crippen molar-refractivity contribution in [3.05, 3.63) is 57.9 Å². The standard InChI is InChI=1S/C20H26FN5O/c21-15-5-3-14(4-6-15)17-12-18(17)23-7-1-2-16-13-24-20(27)19(25-16)26-10-8-22-9-11-26/h3-6,13,17-18,22-23H,1-2,7-12H2,(H,24,27)/t17-,18+/m0/s1. The number of aryl methyl sites for hydroxylation is 1. The summed E-state index contributed by atoms with van der Waals surface area (Å²) in [7, 11) is 0. The van der Waals surface area contributed by atoms with Crippen LogP contribution in [0, 0.1) is 5.82 Å². The molecule has 1 saturated carbocycles. The van der Waals surface area contributed by atoms with E-state index >= 15 is 0 Å². The number of H-pyrrole nitrogens is 1. The zero-order valence-corrected chi connectivity index (χ0v) is 15.4. The summed E-state index contributed by atoms with van der Waals surface area (Å²) in [4.78, 5) is 21.5. The van der Waals surface area contributed by atoms with Gasteiger partial charge in [-0.25, -0.2) is 9.37 Å². The van der Waals surface area contributed by atoms with Crippen LogP contribution in [-0.4, -0.2) is 48.7 Å². The van der Waals surface area contributed by atoms with E-state index in [1.807, 2.05) is 12.1 Å². The maximum atomic E-state index is 13.0. The zero-order chi connectivity index (χ0) is 18.6. The van der Waals surface area contributed by atoms with Gasteiger partial charge in [0, 0.05) is 44.3 Å². The van der Waals surface area contributed by atoms with E-state index in [2.05, 4.69) is 25.5 Å². The van der Waals surface area contributed by atoms with Crippen molar-refractivity contribution in [2.45, 2.75) is 31.2 Å². The summed E-state index contributed by atoms with van der Waals surface area (Å²) in [5, 5.41) is 6.85. The summed E-state index contributed by atoms with van der Waals surface area (Å²) in [5.41, 5.74) is 2.02. The fourth-order valence-corrected chi connectivity index (χ4v) is 3.71. The summed E-state index contributed by atoms with van der Waals surface area (Å²) in [6, 6.07) is 7.30. The lowest BCUT2D eigenvalue weighted by Gasteiger charge is -2.27. The van der Waals surface area contributed by atoms with Crippen LogP contribution in [0.25, 0.3) is 0 Å². The molecule has 1 aromatic carbocycles. The average Bonchev–Trinajstić information content (AvgIpc) is 3.47. The Hall–Kier alpha value is -2.25. The Labute approximate surface area is 158 Å². The topological polar surface area (TPSA) is 73.0 Å². The Balaban J connectivity index is 1.24. The van der Waals surface area contributed by atoms with E-state index in [1.165, 1.54) is 17.7 Å². The molecule has 0 radical (unpaired) electrons. The normalized spacial score (nSPS) is 22.0. The van der Waals surface area contributed by atoms with Gasteiger partial charge < -0.3 is 20.5 Å². The molecule has 144 valence electrons. The minimum absolute atomic E-state index is 0.112. The number of hydrogen-bond donors (Lipinski definition) is 3. The maximum absolute atomic E-state index is 13.0. The molecule has 0 bridgehead atoms. The predicted octanol–water partition coefficient (Wildman–Crippen LogP) is 1.40. The van der Waals surface area contributed by atoms with Crippen molar-refractivity contribution in [2.75, 3.05) is 37.6 Å². The zero-order valence-electron chi connectivity index (χ0n) is 15.4. The van der Waals surface area contributed by atoms with Crippen LogP contribution in [0.5, 0.6) is 0 Å². The SMILES string of the molecule is O=c1[nH]cc(CCCN[C@@H]2C[C@H]2c2ccc(F)cc2)nc1N1CCNCC1. The maximum Gasteiger partial charge on any atom is 0.290 e. The summed E-state index contributed by atoms with van der Waals surface area (Å²) < 4.78 is 13.0. The molecule has 3 N–H and O–H groups in total. The summed E-state index contributed by atoms with van der Waals surface area (Å²) in [6.07, 6.45) is 4.63. The van der Waals surface area contributed by atoms with Gasteiger partial charge in [0.1, 0.15) is 5.82 Å². The summed E-state index contributed by atoms with van der Waals surface area (Å²) >= 11 is 0. The van der Waals surface area contributed by atoms with Gasteiger partial charge in [-0.3, -0.25) is 4.79 Å². The first-order valence-corrected chi connectivity index (χ1v) is 9.74. The van der Waals surface area contributed by atoms with Gasteiger partial charge in [0.05, 0.1) is 5.69 Å². The number of hydrogen-bond acceptors (Lipinski definition) is 5. The highest BCUT2D eigenvalue weighted by Gasteiger charge is 2.37. The third kappa shape index (κ3) is 4.54. The molecule has 2 heterocycles. The molecular weight excluding hydrogens is 345 g/mol. The van der Waals surface area contributed by atoms with Crippen LogP contribution in [0.2, 0.25) is 0 Å². The van der Waals surface area contributed by atoms with Gasteiger partial charge >= 0.3 is 0 Å². The number of piperazine rings is 1. The van der Waals surface area contributed by atoms with Gasteiger partial charge in [-0.1, -0.05) is 12.1 Å². The van der Waals surface area contributed by atoms with Crippen molar-refractivity contribution in [1.82, 2.24) is 20.6 Å². The first-order valence-electron chi connectivity index (χ1n) is 9.74. The molecule has 0 unspecified atom stereocenters. The monoisotopic (exact) mass is 371 g/mol. The highest BCUT2D eigenvalue weighted by Crippen LogP contribution is 2.40.